The van der Waals surface area contributed by atoms with E-state index in [1.54, 1.807) is 24.3 Å². The van der Waals surface area contributed by atoms with Crippen LogP contribution in [0.5, 0.6) is 0 Å². The summed E-state index contributed by atoms with van der Waals surface area (Å²) in [5, 5.41) is 12.5. The van der Waals surface area contributed by atoms with Crippen molar-refractivity contribution in [2.75, 3.05) is 6.54 Å². The average Bonchev–Trinajstić information content (AvgIpc) is 2.28. The zero-order chi connectivity index (χ0) is 12.0. The molecule has 0 radical (unpaired) electrons. The van der Waals surface area contributed by atoms with Crippen LogP contribution in [0, 0.1) is 5.92 Å². The Kier molecular flexibility index (Phi) is 4.99. The summed E-state index contributed by atoms with van der Waals surface area (Å²) in [4.78, 5) is 11.6. The second kappa shape index (κ2) is 6.28. The molecule has 1 unspecified atom stereocenters. The van der Waals surface area contributed by atoms with E-state index in [-0.39, 0.29) is 5.91 Å². The third kappa shape index (κ3) is 4.03. The number of aliphatic hydroxyl groups is 1. The van der Waals surface area contributed by atoms with Crippen LogP contribution >= 0.6 is 0 Å². The van der Waals surface area contributed by atoms with Gasteiger partial charge in [-0.1, -0.05) is 44.2 Å². The number of nitrogens with one attached hydrogen (secondary N) is 1. The van der Waals surface area contributed by atoms with Crippen molar-refractivity contribution in [3.63, 3.8) is 0 Å². The second-order valence-electron chi connectivity index (χ2n) is 4.29. The molecule has 1 aromatic rings. The van der Waals surface area contributed by atoms with Crippen LogP contribution in [0.3, 0.4) is 0 Å². The van der Waals surface area contributed by atoms with Gasteiger partial charge in [0.2, 0.25) is 0 Å². The maximum Gasteiger partial charge on any atom is 0.253 e. The van der Waals surface area contributed by atoms with Gasteiger partial charge in [-0.3, -0.25) is 4.79 Å². The van der Waals surface area contributed by atoms with Crippen LogP contribution in [0.15, 0.2) is 30.3 Å². The highest BCUT2D eigenvalue weighted by Crippen LogP contribution is 2.11. The molecular formula is C13H19NO2. The van der Waals surface area contributed by atoms with E-state index in [0.29, 0.717) is 18.0 Å². The number of carbonyl (C=O) groups excluding carboxylic acids is 1. The molecule has 0 spiro atoms. The normalized spacial score (nSPS) is 12.5. The number of carbonyl (C=O) groups is 1. The fraction of sp³-hybridized carbons (Fsp3) is 0.462. The highest BCUT2D eigenvalue weighted by molar-refractivity contribution is 5.81. The van der Waals surface area contributed by atoms with Gasteiger partial charge in [0.15, 0.2) is 6.10 Å². The summed E-state index contributed by atoms with van der Waals surface area (Å²) in [6.07, 6.45) is -0.138. The molecule has 0 saturated heterocycles. The lowest BCUT2D eigenvalue weighted by Gasteiger charge is -2.12. The van der Waals surface area contributed by atoms with E-state index in [4.69, 9.17) is 0 Å². The van der Waals surface area contributed by atoms with E-state index < -0.39 is 6.10 Å². The van der Waals surface area contributed by atoms with E-state index >= 15 is 0 Å². The first-order valence-electron chi connectivity index (χ1n) is 5.62. The third-order valence-electron chi connectivity index (χ3n) is 2.38. The number of aliphatic hydroxyl groups excluding tert-OH is 1. The molecule has 0 aromatic heterocycles. The molecule has 1 amide bonds. The molecule has 0 aliphatic carbocycles. The lowest BCUT2D eigenvalue weighted by molar-refractivity contribution is -0.129. The molecule has 0 fully saturated rings. The predicted octanol–water partition coefficient (Wildman–Crippen LogP) is 1.88. The van der Waals surface area contributed by atoms with Crippen LogP contribution in [0.25, 0.3) is 0 Å². The third-order valence-corrected chi connectivity index (χ3v) is 2.38. The fourth-order valence-corrected chi connectivity index (χ4v) is 1.37. The summed E-state index contributed by atoms with van der Waals surface area (Å²) in [6, 6.07) is 8.95. The SMILES string of the molecule is CC(C)CCNC(=O)C(O)c1ccccc1. The summed E-state index contributed by atoms with van der Waals surface area (Å²) >= 11 is 0. The predicted molar refractivity (Wildman–Crippen MR) is 63.9 cm³/mol. The molecule has 2 N–H and O–H groups in total. The van der Waals surface area contributed by atoms with Crippen molar-refractivity contribution in [1.29, 1.82) is 0 Å². The summed E-state index contributed by atoms with van der Waals surface area (Å²) < 4.78 is 0. The average molecular weight is 221 g/mol. The van der Waals surface area contributed by atoms with Crippen LogP contribution in [0.4, 0.5) is 0 Å². The molecule has 0 aliphatic heterocycles. The lowest BCUT2D eigenvalue weighted by Crippen LogP contribution is -2.30. The van der Waals surface area contributed by atoms with Crippen molar-refractivity contribution in [3.05, 3.63) is 35.9 Å². The summed E-state index contributed by atoms with van der Waals surface area (Å²) in [7, 11) is 0. The minimum Gasteiger partial charge on any atom is -0.378 e. The molecule has 88 valence electrons. The Morgan fingerprint density at radius 3 is 2.50 bits per heavy atom. The highest BCUT2D eigenvalue weighted by atomic mass is 16.3. The van der Waals surface area contributed by atoms with Crippen molar-refractivity contribution in [2.45, 2.75) is 26.4 Å². The quantitative estimate of drug-likeness (QED) is 0.797. The molecule has 0 bridgehead atoms. The first-order chi connectivity index (χ1) is 7.61. The van der Waals surface area contributed by atoms with Gasteiger partial charge < -0.3 is 10.4 Å². The van der Waals surface area contributed by atoms with E-state index in [1.165, 1.54) is 0 Å². The molecule has 3 nitrogen and oxygen atoms in total. The number of hydrogen-bond donors (Lipinski definition) is 2. The number of hydrogen-bond acceptors (Lipinski definition) is 2. The van der Waals surface area contributed by atoms with Gasteiger partial charge in [-0.2, -0.15) is 0 Å². The Morgan fingerprint density at radius 2 is 1.94 bits per heavy atom. The van der Waals surface area contributed by atoms with Crippen molar-refractivity contribution >= 4 is 5.91 Å². The number of amides is 1. The maximum absolute atomic E-state index is 11.6. The van der Waals surface area contributed by atoms with E-state index in [0.717, 1.165) is 6.42 Å². The molecule has 0 heterocycles. The van der Waals surface area contributed by atoms with Gasteiger partial charge in [-0.05, 0) is 17.9 Å². The van der Waals surface area contributed by atoms with Gasteiger partial charge in [-0.25, -0.2) is 0 Å². The zero-order valence-electron chi connectivity index (χ0n) is 9.81. The maximum atomic E-state index is 11.6. The van der Waals surface area contributed by atoms with Crippen molar-refractivity contribution in [2.24, 2.45) is 5.92 Å². The molecule has 1 atom stereocenters. The topological polar surface area (TPSA) is 49.3 Å². The Labute approximate surface area is 96.5 Å². The van der Waals surface area contributed by atoms with E-state index in [2.05, 4.69) is 19.2 Å². The first kappa shape index (κ1) is 12.7. The van der Waals surface area contributed by atoms with Crippen LogP contribution in [0.1, 0.15) is 31.9 Å². The Bertz CT molecular complexity index is 322. The molecule has 0 saturated carbocycles. The van der Waals surface area contributed by atoms with Gasteiger partial charge in [-0.15, -0.1) is 0 Å². The van der Waals surface area contributed by atoms with Crippen LogP contribution in [-0.4, -0.2) is 17.6 Å². The van der Waals surface area contributed by atoms with Crippen molar-refractivity contribution < 1.29 is 9.90 Å². The Balaban J connectivity index is 2.43. The highest BCUT2D eigenvalue weighted by Gasteiger charge is 2.15. The fourth-order valence-electron chi connectivity index (χ4n) is 1.37. The van der Waals surface area contributed by atoms with Crippen LogP contribution in [0.2, 0.25) is 0 Å². The molecule has 3 heteroatoms. The van der Waals surface area contributed by atoms with Gasteiger partial charge in [0.05, 0.1) is 0 Å². The van der Waals surface area contributed by atoms with Gasteiger partial charge in [0.25, 0.3) is 5.91 Å². The van der Waals surface area contributed by atoms with Crippen LogP contribution < -0.4 is 5.32 Å². The van der Waals surface area contributed by atoms with Crippen molar-refractivity contribution in [3.8, 4) is 0 Å². The second-order valence-corrected chi connectivity index (χ2v) is 4.29. The minimum atomic E-state index is -1.06. The van der Waals surface area contributed by atoms with Gasteiger partial charge in [0.1, 0.15) is 0 Å². The van der Waals surface area contributed by atoms with Gasteiger partial charge in [0, 0.05) is 6.54 Å². The molecule has 0 aliphatic rings. The Hall–Kier alpha value is -1.35. The monoisotopic (exact) mass is 221 g/mol. The summed E-state index contributed by atoms with van der Waals surface area (Å²) in [6.45, 7) is 4.81. The standard InChI is InChI=1S/C13H19NO2/c1-10(2)8-9-14-13(16)12(15)11-6-4-3-5-7-11/h3-7,10,12,15H,8-9H2,1-2H3,(H,14,16). The lowest BCUT2D eigenvalue weighted by atomic mass is 10.1. The first-order valence-corrected chi connectivity index (χ1v) is 5.62. The molecular weight excluding hydrogens is 202 g/mol. The number of benzene rings is 1. The molecule has 1 rings (SSSR count). The summed E-state index contributed by atoms with van der Waals surface area (Å²) in [5.74, 6) is 0.223. The van der Waals surface area contributed by atoms with Gasteiger partial charge >= 0.3 is 0 Å². The van der Waals surface area contributed by atoms with E-state index in [9.17, 15) is 9.90 Å². The van der Waals surface area contributed by atoms with E-state index in [1.807, 2.05) is 6.07 Å². The Morgan fingerprint density at radius 1 is 1.31 bits per heavy atom. The van der Waals surface area contributed by atoms with Crippen molar-refractivity contribution in [1.82, 2.24) is 5.32 Å². The smallest absolute Gasteiger partial charge is 0.253 e. The summed E-state index contributed by atoms with van der Waals surface area (Å²) in [5.41, 5.74) is 0.629. The minimum absolute atomic E-state index is 0.327. The largest absolute Gasteiger partial charge is 0.378 e. The zero-order valence-corrected chi connectivity index (χ0v) is 9.81. The molecule has 16 heavy (non-hydrogen) atoms. The van der Waals surface area contributed by atoms with Crippen LogP contribution in [-0.2, 0) is 4.79 Å². The number of rotatable bonds is 5. The molecule has 1 aromatic carbocycles.